The molecule has 0 amide bonds. The first-order chi connectivity index (χ1) is 11.6. The summed E-state index contributed by atoms with van der Waals surface area (Å²) in [5.74, 6) is -2.02. The molecule has 4 aliphatic carbocycles. The summed E-state index contributed by atoms with van der Waals surface area (Å²) in [5.41, 5.74) is -1.19. The lowest BCUT2D eigenvalue weighted by atomic mass is 9.50. The first kappa shape index (κ1) is 17.8. The lowest BCUT2D eigenvalue weighted by molar-refractivity contribution is -0.130. The van der Waals surface area contributed by atoms with Crippen molar-refractivity contribution in [2.45, 2.75) is 39.5 Å². The Morgan fingerprint density at radius 1 is 1.08 bits per heavy atom. The van der Waals surface area contributed by atoms with Gasteiger partial charge in [-0.3, -0.25) is 9.59 Å². The maximum absolute atomic E-state index is 15.3. The summed E-state index contributed by atoms with van der Waals surface area (Å²) in [6.07, 6.45) is 3.66. The zero-order valence-electron chi connectivity index (χ0n) is 14.0. The molecule has 0 unspecified atom stereocenters. The van der Waals surface area contributed by atoms with Gasteiger partial charge >= 0.3 is 0 Å². The molecule has 0 spiro atoms. The van der Waals surface area contributed by atoms with Gasteiger partial charge in [-0.1, -0.05) is 6.92 Å². The lowest BCUT2D eigenvalue weighted by Crippen LogP contribution is -2.50. The molecule has 25 heavy (non-hydrogen) atoms. The molecule has 2 fully saturated rings. The molecule has 6 heteroatoms. The van der Waals surface area contributed by atoms with Crippen molar-refractivity contribution in [3.05, 3.63) is 32.3 Å². The van der Waals surface area contributed by atoms with Crippen molar-refractivity contribution in [1.82, 2.24) is 0 Å². The topological polar surface area (TPSA) is 34.1 Å². The molecular formula is C19H18Br2F2O2. The number of hydrogen-bond donors (Lipinski definition) is 0. The third-order valence-corrected chi connectivity index (χ3v) is 8.66. The number of halogens is 4. The van der Waals surface area contributed by atoms with Crippen LogP contribution in [0.25, 0.3) is 0 Å². The fraction of sp³-hybridized carbons (Fsp3) is 0.579. The monoisotopic (exact) mass is 474 g/mol. The van der Waals surface area contributed by atoms with Crippen LogP contribution < -0.4 is 0 Å². The number of ketones is 2. The van der Waals surface area contributed by atoms with Crippen LogP contribution >= 0.6 is 31.9 Å². The number of allylic oxidation sites excluding steroid dienone is 6. The molecule has 0 saturated heterocycles. The summed E-state index contributed by atoms with van der Waals surface area (Å²) in [6.45, 7) is 3.69. The third-order valence-electron chi connectivity index (χ3n) is 7.17. The zero-order valence-corrected chi connectivity index (χ0v) is 17.1. The Hall–Kier alpha value is -0.620. The minimum absolute atomic E-state index is 0.0871. The summed E-state index contributed by atoms with van der Waals surface area (Å²) >= 11 is 6.34. The van der Waals surface area contributed by atoms with Crippen LogP contribution in [0.1, 0.15) is 39.5 Å². The minimum atomic E-state index is -1.06. The summed E-state index contributed by atoms with van der Waals surface area (Å²) in [5, 5.41) is 0. The fourth-order valence-corrected chi connectivity index (χ4v) is 7.25. The molecule has 0 heterocycles. The predicted molar refractivity (Wildman–Crippen MR) is 97.4 cm³/mol. The normalized spacial score (nSPS) is 43.8. The summed E-state index contributed by atoms with van der Waals surface area (Å²) in [7, 11) is 0. The van der Waals surface area contributed by atoms with E-state index in [9.17, 15) is 9.59 Å². The van der Waals surface area contributed by atoms with Gasteiger partial charge in [-0.05, 0) is 81.5 Å². The fourth-order valence-electron chi connectivity index (χ4n) is 5.65. The van der Waals surface area contributed by atoms with Crippen molar-refractivity contribution < 1.29 is 18.4 Å². The number of carbonyl (C=O) groups is 2. The number of fused-ring (bicyclic) bond motifs is 5. The van der Waals surface area contributed by atoms with Gasteiger partial charge < -0.3 is 0 Å². The summed E-state index contributed by atoms with van der Waals surface area (Å²) in [4.78, 5) is 24.6. The SMILES string of the molecule is C[C@]12C(F)=C(Br)C(=O)C(Br)=C1C=C(F)[C@@H]1[C@@H]2CC[C@]2(C)C(=O)CC[C@@H]12. The Kier molecular flexibility index (Phi) is 3.87. The second kappa shape index (κ2) is 5.44. The van der Waals surface area contributed by atoms with Gasteiger partial charge in [0.25, 0.3) is 0 Å². The number of Topliss-reactive ketones (excluding diaryl/α,β-unsaturated/α-hetero) is 2. The summed E-state index contributed by atoms with van der Waals surface area (Å²) in [6, 6.07) is 0. The maximum atomic E-state index is 15.3. The predicted octanol–water partition coefficient (Wildman–Crippen LogP) is 5.68. The Morgan fingerprint density at radius 3 is 2.44 bits per heavy atom. The molecule has 0 radical (unpaired) electrons. The first-order valence-electron chi connectivity index (χ1n) is 8.55. The van der Waals surface area contributed by atoms with Crippen molar-refractivity contribution in [3.63, 3.8) is 0 Å². The van der Waals surface area contributed by atoms with E-state index in [4.69, 9.17) is 0 Å². The molecule has 2 nitrogen and oxygen atoms in total. The average Bonchev–Trinajstić information content (AvgIpc) is 2.89. The van der Waals surface area contributed by atoms with Gasteiger partial charge in [0.15, 0.2) is 0 Å². The second-order valence-corrected chi connectivity index (χ2v) is 9.66. The van der Waals surface area contributed by atoms with Crippen LogP contribution in [0.4, 0.5) is 8.78 Å². The summed E-state index contributed by atoms with van der Waals surface area (Å²) < 4.78 is 30.6. The van der Waals surface area contributed by atoms with Crippen LogP contribution in [0.15, 0.2) is 32.3 Å². The number of carbonyl (C=O) groups excluding carboxylic acids is 2. The van der Waals surface area contributed by atoms with Crippen molar-refractivity contribution >= 4 is 43.4 Å². The van der Waals surface area contributed by atoms with E-state index in [0.29, 0.717) is 31.3 Å². The molecule has 0 aromatic carbocycles. The Labute approximate surface area is 162 Å². The molecule has 0 bridgehead atoms. The van der Waals surface area contributed by atoms with Gasteiger partial charge in [0.2, 0.25) is 5.78 Å². The standard InChI is InChI=1S/C19H18Br2F2O2/c1-18-6-5-9-13(8(18)3-4-12(18)24)11(22)7-10-14(20)16(25)15(21)17(23)19(9,10)2/h7-9,13H,3-6H2,1-2H3/t8-,9-,13-,18-,19+/m0/s1. The van der Waals surface area contributed by atoms with Crippen LogP contribution in [-0.4, -0.2) is 11.6 Å². The highest BCUT2D eigenvalue weighted by molar-refractivity contribution is 9.13. The van der Waals surface area contributed by atoms with E-state index >= 15 is 8.78 Å². The van der Waals surface area contributed by atoms with Gasteiger partial charge in [0.1, 0.15) is 17.4 Å². The van der Waals surface area contributed by atoms with E-state index in [1.54, 1.807) is 6.92 Å². The Morgan fingerprint density at radius 2 is 1.76 bits per heavy atom. The molecule has 0 N–H and O–H groups in total. The second-order valence-electron chi connectivity index (χ2n) is 8.07. The molecule has 0 aliphatic heterocycles. The average molecular weight is 476 g/mol. The molecule has 5 atom stereocenters. The molecule has 134 valence electrons. The van der Waals surface area contributed by atoms with Crippen LogP contribution in [0.2, 0.25) is 0 Å². The van der Waals surface area contributed by atoms with Gasteiger partial charge in [0, 0.05) is 17.8 Å². The smallest absolute Gasteiger partial charge is 0.209 e. The zero-order chi connectivity index (χ0) is 18.3. The Balaban J connectivity index is 1.93. The van der Waals surface area contributed by atoms with E-state index < -0.39 is 28.4 Å². The maximum Gasteiger partial charge on any atom is 0.209 e. The van der Waals surface area contributed by atoms with Gasteiger partial charge in [-0.2, -0.15) is 0 Å². The highest BCUT2D eigenvalue weighted by Gasteiger charge is 2.62. The highest BCUT2D eigenvalue weighted by Crippen LogP contribution is 2.66. The van der Waals surface area contributed by atoms with E-state index in [0.717, 1.165) is 0 Å². The minimum Gasteiger partial charge on any atom is -0.299 e. The quantitative estimate of drug-likeness (QED) is 0.451. The van der Waals surface area contributed by atoms with Gasteiger partial charge in [0.05, 0.1) is 14.4 Å². The van der Waals surface area contributed by atoms with Crippen LogP contribution in [0.3, 0.4) is 0 Å². The molecule has 0 aromatic rings. The van der Waals surface area contributed by atoms with Gasteiger partial charge in [-0.25, -0.2) is 8.78 Å². The largest absolute Gasteiger partial charge is 0.299 e. The third kappa shape index (κ3) is 2.04. The molecular weight excluding hydrogens is 458 g/mol. The van der Waals surface area contributed by atoms with E-state index in [1.807, 2.05) is 6.92 Å². The van der Waals surface area contributed by atoms with Crippen LogP contribution in [0, 0.1) is 28.6 Å². The van der Waals surface area contributed by atoms with E-state index in [-0.39, 0.29) is 32.4 Å². The molecule has 4 aliphatic rings. The highest BCUT2D eigenvalue weighted by atomic mass is 79.9. The Bertz CT molecular complexity index is 812. The van der Waals surface area contributed by atoms with Crippen LogP contribution in [-0.2, 0) is 9.59 Å². The van der Waals surface area contributed by atoms with E-state index in [1.165, 1.54) is 6.08 Å². The molecule has 0 aromatic heterocycles. The van der Waals surface area contributed by atoms with Crippen molar-refractivity contribution in [2.24, 2.45) is 28.6 Å². The van der Waals surface area contributed by atoms with Crippen molar-refractivity contribution in [1.29, 1.82) is 0 Å². The number of hydrogen-bond acceptors (Lipinski definition) is 2. The lowest BCUT2D eigenvalue weighted by Gasteiger charge is -2.54. The molecule has 4 rings (SSSR count). The first-order valence-corrected chi connectivity index (χ1v) is 10.1. The van der Waals surface area contributed by atoms with Crippen molar-refractivity contribution in [2.75, 3.05) is 0 Å². The van der Waals surface area contributed by atoms with E-state index in [2.05, 4.69) is 31.9 Å². The number of rotatable bonds is 0. The van der Waals surface area contributed by atoms with Gasteiger partial charge in [-0.15, -0.1) is 0 Å². The van der Waals surface area contributed by atoms with Crippen molar-refractivity contribution in [3.8, 4) is 0 Å². The molecule has 2 saturated carbocycles. The van der Waals surface area contributed by atoms with Crippen LogP contribution in [0.5, 0.6) is 0 Å².